The predicted octanol–water partition coefficient (Wildman–Crippen LogP) is 3.34. The number of amides is 1. The molecule has 1 heterocycles. The molecule has 0 aliphatic carbocycles. The number of H-pyrrole nitrogens is 1. The topological polar surface area (TPSA) is 62.0 Å². The van der Waals surface area contributed by atoms with Gasteiger partial charge in [0.15, 0.2) is 0 Å². The van der Waals surface area contributed by atoms with E-state index in [1.807, 2.05) is 12.1 Å². The summed E-state index contributed by atoms with van der Waals surface area (Å²) in [7, 11) is 0. The number of rotatable bonds is 2. The number of allylic oxidation sites excluding steroid dienone is 1. The van der Waals surface area contributed by atoms with Gasteiger partial charge >= 0.3 is 0 Å². The molecule has 0 atom stereocenters. The fourth-order valence-electron chi connectivity index (χ4n) is 2.29. The first-order chi connectivity index (χ1) is 9.81. The first kappa shape index (κ1) is 15.0. The minimum atomic E-state index is -0.189. The minimum Gasteiger partial charge on any atom is -0.322 e. The monoisotopic (exact) mass is 284 g/mol. The van der Waals surface area contributed by atoms with E-state index in [0.717, 1.165) is 16.5 Å². The first-order valence-electron chi connectivity index (χ1n) is 6.92. The zero-order chi connectivity index (χ0) is 15.6. The third kappa shape index (κ3) is 3.40. The summed E-state index contributed by atoms with van der Waals surface area (Å²) in [6.45, 7) is 8.00. The third-order valence-corrected chi connectivity index (χ3v) is 3.24. The van der Waals surface area contributed by atoms with Crippen molar-refractivity contribution in [1.82, 2.24) is 4.98 Å². The number of benzene rings is 1. The molecule has 2 rings (SSSR count). The summed E-state index contributed by atoms with van der Waals surface area (Å²) in [5.74, 6) is -0.189. The zero-order valence-electron chi connectivity index (χ0n) is 12.8. The van der Waals surface area contributed by atoms with E-state index in [9.17, 15) is 9.59 Å². The van der Waals surface area contributed by atoms with Gasteiger partial charge in [-0.3, -0.25) is 9.59 Å². The number of anilines is 1. The van der Waals surface area contributed by atoms with E-state index in [2.05, 4.69) is 31.1 Å². The molecular weight excluding hydrogens is 264 g/mol. The molecule has 1 amide bonds. The second-order valence-electron chi connectivity index (χ2n) is 6.05. The fraction of sp³-hybridized carbons (Fsp3) is 0.294. The Morgan fingerprint density at radius 1 is 1.24 bits per heavy atom. The lowest BCUT2D eigenvalue weighted by Gasteiger charge is -2.21. The van der Waals surface area contributed by atoms with Crippen LogP contribution in [-0.2, 0) is 10.2 Å². The summed E-state index contributed by atoms with van der Waals surface area (Å²) in [5.41, 5.74) is 2.12. The van der Waals surface area contributed by atoms with Crippen LogP contribution in [0.4, 0.5) is 5.69 Å². The molecule has 0 spiro atoms. The second-order valence-corrected chi connectivity index (χ2v) is 6.05. The highest BCUT2D eigenvalue weighted by Gasteiger charge is 2.18. The highest BCUT2D eigenvalue weighted by Crippen LogP contribution is 2.29. The van der Waals surface area contributed by atoms with E-state index in [-0.39, 0.29) is 16.9 Å². The number of hydrogen-bond donors (Lipinski definition) is 2. The lowest BCUT2D eigenvalue weighted by Crippen LogP contribution is -2.17. The Morgan fingerprint density at radius 3 is 2.57 bits per heavy atom. The number of fused-ring (bicyclic) bond motifs is 1. The van der Waals surface area contributed by atoms with E-state index < -0.39 is 0 Å². The van der Waals surface area contributed by atoms with Crippen LogP contribution in [0.15, 0.2) is 41.2 Å². The normalized spacial score (nSPS) is 12.0. The maximum atomic E-state index is 11.8. The first-order valence-corrected chi connectivity index (χ1v) is 6.92. The van der Waals surface area contributed by atoms with Gasteiger partial charge in [-0.25, -0.2) is 0 Å². The van der Waals surface area contributed by atoms with Crippen LogP contribution < -0.4 is 10.9 Å². The number of carbonyl (C=O) groups excluding carboxylic acids is 1. The Hall–Kier alpha value is -2.36. The largest absolute Gasteiger partial charge is 0.322 e. The molecule has 4 heteroatoms. The van der Waals surface area contributed by atoms with Gasteiger partial charge in [-0.05, 0) is 36.1 Å². The maximum absolute atomic E-state index is 11.8. The van der Waals surface area contributed by atoms with Crippen molar-refractivity contribution in [1.29, 1.82) is 0 Å². The summed E-state index contributed by atoms with van der Waals surface area (Å²) < 4.78 is 0. The molecule has 2 aromatic rings. The molecule has 1 aromatic heterocycles. The quantitative estimate of drug-likeness (QED) is 0.831. The van der Waals surface area contributed by atoms with E-state index in [0.29, 0.717) is 5.69 Å². The number of pyridine rings is 1. The second kappa shape index (κ2) is 5.56. The molecule has 21 heavy (non-hydrogen) atoms. The minimum absolute atomic E-state index is 0.123. The van der Waals surface area contributed by atoms with Crippen molar-refractivity contribution in [2.24, 2.45) is 0 Å². The number of hydrogen-bond acceptors (Lipinski definition) is 2. The summed E-state index contributed by atoms with van der Waals surface area (Å²) in [6, 6.07) is 7.20. The number of aromatic nitrogens is 1. The average Bonchev–Trinajstić information content (AvgIpc) is 2.36. The predicted molar refractivity (Wildman–Crippen MR) is 86.7 cm³/mol. The molecule has 1 aromatic carbocycles. The Labute approximate surface area is 123 Å². The van der Waals surface area contributed by atoms with Gasteiger partial charge < -0.3 is 10.3 Å². The van der Waals surface area contributed by atoms with Gasteiger partial charge in [0.25, 0.3) is 0 Å². The molecular formula is C17H20N2O2. The van der Waals surface area contributed by atoms with Crippen molar-refractivity contribution in [3.63, 3.8) is 0 Å². The lowest BCUT2D eigenvalue weighted by atomic mass is 9.85. The Kier molecular flexibility index (Phi) is 3.98. The number of nitrogens with one attached hydrogen (secondary N) is 2. The van der Waals surface area contributed by atoms with Crippen molar-refractivity contribution in [2.45, 2.75) is 33.1 Å². The van der Waals surface area contributed by atoms with Crippen LogP contribution in [-0.4, -0.2) is 10.9 Å². The molecule has 0 saturated heterocycles. The Bertz CT molecular complexity index is 764. The molecule has 0 saturated carbocycles. The molecule has 0 fully saturated rings. The van der Waals surface area contributed by atoms with Crippen LogP contribution in [0.2, 0.25) is 0 Å². The van der Waals surface area contributed by atoms with Crippen LogP contribution >= 0.6 is 0 Å². The van der Waals surface area contributed by atoms with Gasteiger partial charge in [0.2, 0.25) is 11.5 Å². The maximum Gasteiger partial charge on any atom is 0.248 e. The summed E-state index contributed by atoms with van der Waals surface area (Å²) in [5, 5.41) is 3.76. The molecule has 4 nitrogen and oxygen atoms in total. The zero-order valence-corrected chi connectivity index (χ0v) is 12.8. The lowest BCUT2D eigenvalue weighted by molar-refractivity contribution is -0.111. The van der Waals surface area contributed by atoms with Gasteiger partial charge in [-0.1, -0.05) is 32.9 Å². The molecule has 110 valence electrons. The molecule has 0 aliphatic heterocycles. The van der Waals surface area contributed by atoms with Crippen molar-refractivity contribution in [2.75, 3.05) is 5.32 Å². The van der Waals surface area contributed by atoms with E-state index in [1.165, 1.54) is 6.08 Å². The summed E-state index contributed by atoms with van der Waals surface area (Å²) >= 11 is 0. The standard InChI is InChI=1S/C17H20N2O2/c1-5-6-15(20)18-11-7-8-12-13(17(2,3)4)10-16(21)19-14(12)9-11/h5-10H,1-4H3,(H,18,20)(H,19,21)/b6-5-. The number of carbonyl (C=O) groups is 1. The number of aromatic amines is 1. The molecule has 0 radical (unpaired) electrons. The van der Waals surface area contributed by atoms with Gasteiger partial charge in [0.05, 0.1) is 5.52 Å². The van der Waals surface area contributed by atoms with E-state index >= 15 is 0 Å². The highest BCUT2D eigenvalue weighted by molar-refractivity contribution is 6.00. The van der Waals surface area contributed by atoms with Gasteiger partial charge in [0.1, 0.15) is 0 Å². The van der Waals surface area contributed by atoms with Gasteiger partial charge in [0, 0.05) is 17.1 Å². The van der Waals surface area contributed by atoms with Crippen LogP contribution in [0.25, 0.3) is 10.9 Å². The smallest absolute Gasteiger partial charge is 0.248 e. The van der Waals surface area contributed by atoms with E-state index in [1.54, 1.807) is 25.1 Å². The van der Waals surface area contributed by atoms with Crippen molar-refractivity contribution in [3.05, 3.63) is 52.3 Å². The van der Waals surface area contributed by atoms with Crippen molar-refractivity contribution in [3.8, 4) is 0 Å². The highest BCUT2D eigenvalue weighted by atomic mass is 16.1. The van der Waals surface area contributed by atoms with Crippen LogP contribution in [0.1, 0.15) is 33.3 Å². The summed E-state index contributed by atoms with van der Waals surface area (Å²) in [6.07, 6.45) is 3.13. The molecule has 0 bridgehead atoms. The van der Waals surface area contributed by atoms with Crippen LogP contribution in [0, 0.1) is 0 Å². The van der Waals surface area contributed by atoms with Crippen molar-refractivity contribution < 1.29 is 4.79 Å². The van der Waals surface area contributed by atoms with Gasteiger partial charge in [-0.15, -0.1) is 0 Å². The van der Waals surface area contributed by atoms with E-state index in [4.69, 9.17) is 0 Å². The third-order valence-electron chi connectivity index (χ3n) is 3.24. The average molecular weight is 284 g/mol. The van der Waals surface area contributed by atoms with Crippen LogP contribution in [0.5, 0.6) is 0 Å². The Balaban J connectivity index is 2.54. The van der Waals surface area contributed by atoms with Crippen LogP contribution in [0.3, 0.4) is 0 Å². The molecule has 2 N–H and O–H groups in total. The fourth-order valence-corrected chi connectivity index (χ4v) is 2.29. The summed E-state index contributed by atoms with van der Waals surface area (Å²) in [4.78, 5) is 26.2. The van der Waals surface area contributed by atoms with Crippen molar-refractivity contribution >= 4 is 22.5 Å². The Morgan fingerprint density at radius 2 is 1.95 bits per heavy atom. The van der Waals surface area contributed by atoms with Gasteiger partial charge in [-0.2, -0.15) is 0 Å². The molecule has 0 unspecified atom stereocenters. The SMILES string of the molecule is C/C=C\C(=O)Nc1ccc2c(C(C)(C)C)cc(=O)[nH]c2c1. The molecule has 0 aliphatic rings.